The first-order valence-corrected chi connectivity index (χ1v) is 6.76. The summed E-state index contributed by atoms with van der Waals surface area (Å²) < 4.78 is 1.69. The molecule has 0 unspecified atom stereocenters. The number of hydrogen-bond donors (Lipinski definition) is 2. The number of halogens is 2. The summed E-state index contributed by atoms with van der Waals surface area (Å²) in [6.45, 7) is 0. The Balaban J connectivity index is 2.19. The predicted octanol–water partition coefficient (Wildman–Crippen LogP) is 4.05. The van der Waals surface area contributed by atoms with Crippen LogP contribution >= 0.6 is 31.9 Å². The number of carbonyl (C=O) groups is 1. The third-order valence-electron chi connectivity index (χ3n) is 2.29. The largest absolute Gasteiger partial charge is 0.399 e. The van der Waals surface area contributed by atoms with Gasteiger partial charge in [0, 0.05) is 25.9 Å². The molecule has 2 aromatic rings. The van der Waals surface area contributed by atoms with Crippen molar-refractivity contribution < 1.29 is 4.79 Å². The molecular formula is C13H10Br2N2O. The van der Waals surface area contributed by atoms with Gasteiger partial charge < -0.3 is 11.1 Å². The standard InChI is InChI=1S/C13H10Br2N2O/c14-9-5-8(6-10(15)7-9)13(18)17-12-3-1-11(16)2-4-12/h1-7H,16H2,(H,17,18). The van der Waals surface area contributed by atoms with Gasteiger partial charge in [0.25, 0.3) is 5.91 Å². The van der Waals surface area contributed by atoms with Gasteiger partial charge in [-0.2, -0.15) is 0 Å². The first-order valence-electron chi connectivity index (χ1n) is 5.17. The molecule has 0 atom stereocenters. The third-order valence-corrected chi connectivity index (χ3v) is 3.21. The summed E-state index contributed by atoms with van der Waals surface area (Å²) in [5.74, 6) is -0.165. The molecule has 3 nitrogen and oxygen atoms in total. The molecule has 0 fully saturated rings. The zero-order valence-corrected chi connectivity index (χ0v) is 12.5. The molecule has 18 heavy (non-hydrogen) atoms. The van der Waals surface area contributed by atoms with Gasteiger partial charge in [0.15, 0.2) is 0 Å². The lowest BCUT2D eigenvalue weighted by molar-refractivity contribution is 0.102. The molecule has 0 aliphatic carbocycles. The molecule has 0 saturated heterocycles. The Kier molecular flexibility index (Phi) is 4.04. The Hall–Kier alpha value is -1.33. The van der Waals surface area contributed by atoms with Crippen molar-refractivity contribution in [1.29, 1.82) is 0 Å². The molecule has 0 saturated carbocycles. The fourth-order valence-corrected chi connectivity index (χ4v) is 2.75. The minimum atomic E-state index is -0.165. The van der Waals surface area contributed by atoms with Crippen LogP contribution in [0, 0.1) is 0 Å². The average Bonchev–Trinajstić information content (AvgIpc) is 2.31. The number of carbonyl (C=O) groups excluding carboxylic acids is 1. The zero-order chi connectivity index (χ0) is 13.1. The summed E-state index contributed by atoms with van der Waals surface area (Å²) in [7, 11) is 0. The van der Waals surface area contributed by atoms with E-state index in [9.17, 15) is 4.79 Å². The number of nitrogens with two attached hydrogens (primary N) is 1. The van der Waals surface area contributed by atoms with E-state index < -0.39 is 0 Å². The Labute approximate surface area is 122 Å². The van der Waals surface area contributed by atoms with Crippen LogP contribution in [0.3, 0.4) is 0 Å². The highest BCUT2D eigenvalue weighted by Crippen LogP contribution is 2.21. The smallest absolute Gasteiger partial charge is 0.255 e. The van der Waals surface area contributed by atoms with Crippen LogP contribution in [0.2, 0.25) is 0 Å². The molecule has 1 amide bonds. The minimum absolute atomic E-state index is 0.165. The Morgan fingerprint density at radius 3 is 2.11 bits per heavy atom. The van der Waals surface area contributed by atoms with Crippen molar-refractivity contribution in [2.75, 3.05) is 11.1 Å². The lowest BCUT2D eigenvalue weighted by Crippen LogP contribution is -2.11. The molecule has 2 rings (SSSR count). The average molecular weight is 370 g/mol. The number of nitrogens with one attached hydrogen (secondary N) is 1. The van der Waals surface area contributed by atoms with E-state index in [-0.39, 0.29) is 5.91 Å². The van der Waals surface area contributed by atoms with Gasteiger partial charge in [0.05, 0.1) is 0 Å². The molecule has 3 N–H and O–H groups in total. The van der Waals surface area contributed by atoms with Crippen LogP contribution in [0.5, 0.6) is 0 Å². The fraction of sp³-hybridized carbons (Fsp3) is 0. The number of rotatable bonds is 2. The molecule has 0 aliphatic heterocycles. The van der Waals surface area contributed by atoms with Crippen LogP contribution in [0.25, 0.3) is 0 Å². The lowest BCUT2D eigenvalue weighted by Gasteiger charge is -2.06. The maximum atomic E-state index is 12.0. The topological polar surface area (TPSA) is 55.1 Å². The lowest BCUT2D eigenvalue weighted by atomic mass is 10.2. The van der Waals surface area contributed by atoms with Crippen molar-refractivity contribution in [1.82, 2.24) is 0 Å². The summed E-state index contributed by atoms with van der Waals surface area (Å²) >= 11 is 6.70. The van der Waals surface area contributed by atoms with Gasteiger partial charge >= 0.3 is 0 Å². The van der Waals surface area contributed by atoms with Crippen LogP contribution in [-0.4, -0.2) is 5.91 Å². The van der Waals surface area contributed by atoms with Gasteiger partial charge in [0.2, 0.25) is 0 Å². The highest BCUT2D eigenvalue weighted by atomic mass is 79.9. The first-order chi connectivity index (χ1) is 8.54. The van der Waals surface area contributed by atoms with Crippen LogP contribution in [-0.2, 0) is 0 Å². The minimum Gasteiger partial charge on any atom is -0.399 e. The van der Waals surface area contributed by atoms with Crippen molar-refractivity contribution in [2.24, 2.45) is 0 Å². The molecular weight excluding hydrogens is 360 g/mol. The summed E-state index contributed by atoms with van der Waals surface area (Å²) in [6, 6.07) is 12.4. The predicted molar refractivity (Wildman–Crippen MR) is 80.6 cm³/mol. The van der Waals surface area contributed by atoms with Crippen LogP contribution in [0.4, 0.5) is 11.4 Å². The Morgan fingerprint density at radius 2 is 1.56 bits per heavy atom. The maximum absolute atomic E-state index is 12.0. The fourth-order valence-electron chi connectivity index (χ4n) is 1.45. The molecule has 0 aromatic heterocycles. The van der Waals surface area contributed by atoms with Crippen molar-refractivity contribution in [3.05, 3.63) is 57.0 Å². The molecule has 92 valence electrons. The van der Waals surface area contributed by atoms with E-state index in [0.717, 1.165) is 8.95 Å². The molecule has 0 spiro atoms. The van der Waals surface area contributed by atoms with E-state index >= 15 is 0 Å². The quantitative estimate of drug-likeness (QED) is 0.784. The van der Waals surface area contributed by atoms with Crippen LogP contribution < -0.4 is 11.1 Å². The van der Waals surface area contributed by atoms with Gasteiger partial charge in [-0.05, 0) is 42.5 Å². The van der Waals surface area contributed by atoms with E-state index in [1.54, 1.807) is 36.4 Å². The monoisotopic (exact) mass is 368 g/mol. The van der Waals surface area contributed by atoms with Crippen molar-refractivity contribution >= 4 is 49.1 Å². The van der Waals surface area contributed by atoms with E-state index in [4.69, 9.17) is 5.73 Å². The van der Waals surface area contributed by atoms with Crippen molar-refractivity contribution in [3.63, 3.8) is 0 Å². The first kappa shape index (κ1) is 13.1. The Bertz CT molecular complexity index is 562. The van der Waals surface area contributed by atoms with Gasteiger partial charge in [-0.1, -0.05) is 31.9 Å². The highest BCUT2D eigenvalue weighted by Gasteiger charge is 2.07. The SMILES string of the molecule is Nc1ccc(NC(=O)c2cc(Br)cc(Br)c2)cc1. The second kappa shape index (κ2) is 5.54. The van der Waals surface area contributed by atoms with Crippen LogP contribution in [0.15, 0.2) is 51.4 Å². The second-order valence-electron chi connectivity index (χ2n) is 3.73. The van der Waals surface area contributed by atoms with Gasteiger partial charge in [-0.25, -0.2) is 0 Å². The van der Waals surface area contributed by atoms with Crippen molar-refractivity contribution in [2.45, 2.75) is 0 Å². The van der Waals surface area contributed by atoms with Crippen LogP contribution in [0.1, 0.15) is 10.4 Å². The van der Waals surface area contributed by atoms with E-state index in [0.29, 0.717) is 16.9 Å². The molecule has 5 heteroatoms. The maximum Gasteiger partial charge on any atom is 0.255 e. The summed E-state index contributed by atoms with van der Waals surface area (Å²) in [5.41, 5.74) is 7.54. The van der Waals surface area contributed by atoms with E-state index in [1.807, 2.05) is 6.07 Å². The molecule has 2 aromatic carbocycles. The second-order valence-corrected chi connectivity index (χ2v) is 5.57. The van der Waals surface area contributed by atoms with Gasteiger partial charge in [-0.15, -0.1) is 0 Å². The van der Waals surface area contributed by atoms with Crippen molar-refractivity contribution in [3.8, 4) is 0 Å². The number of hydrogen-bond acceptors (Lipinski definition) is 2. The number of amides is 1. The summed E-state index contributed by atoms with van der Waals surface area (Å²) in [5, 5.41) is 2.80. The summed E-state index contributed by atoms with van der Waals surface area (Å²) in [4.78, 5) is 12.0. The zero-order valence-electron chi connectivity index (χ0n) is 9.28. The number of benzene rings is 2. The normalized spacial score (nSPS) is 10.1. The van der Waals surface area contributed by atoms with E-state index in [2.05, 4.69) is 37.2 Å². The van der Waals surface area contributed by atoms with Gasteiger partial charge in [-0.3, -0.25) is 4.79 Å². The highest BCUT2D eigenvalue weighted by molar-refractivity contribution is 9.11. The summed E-state index contributed by atoms with van der Waals surface area (Å²) in [6.07, 6.45) is 0. The van der Waals surface area contributed by atoms with Gasteiger partial charge in [0.1, 0.15) is 0 Å². The Morgan fingerprint density at radius 1 is 1.00 bits per heavy atom. The number of nitrogen functional groups attached to an aromatic ring is 1. The molecule has 0 heterocycles. The molecule has 0 bridgehead atoms. The molecule has 0 radical (unpaired) electrons. The van der Waals surface area contributed by atoms with E-state index in [1.165, 1.54) is 0 Å². The third kappa shape index (κ3) is 3.34. The molecule has 0 aliphatic rings. The number of anilines is 2.